The third kappa shape index (κ3) is 1.96. The highest BCUT2D eigenvalue weighted by Crippen LogP contribution is 2.36. The second-order valence-electron chi connectivity index (χ2n) is 3.40. The second kappa shape index (κ2) is 4.49. The van der Waals surface area contributed by atoms with Crippen LogP contribution in [0.1, 0.15) is 22.1 Å². The van der Waals surface area contributed by atoms with Crippen LogP contribution in [0.4, 0.5) is 4.39 Å². The summed E-state index contributed by atoms with van der Waals surface area (Å²) in [5.41, 5.74) is 1.08. The largest absolute Gasteiger partial charge is 0.383 e. The Labute approximate surface area is 101 Å². The van der Waals surface area contributed by atoms with Crippen molar-refractivity contribution in [3.8, 4) is 0 Å². The van der Waals surface area contributed by atoms with Gasteiger partial charge in [0.05, 0.1) is 16.1 Å². The lowest BCUT2D eigenvalue weighted by Crippen LogP contribution is -2.01. The van der Waals surface area contributed by atoms with Gasteiger partial charge in [0, 0.05) is 11.8 Å². The zero-order valence-electron chi connectivity index (χ0n) is 8.45. The molecule has 0 fully saturated rings. The quantitative estimate of drug-likeness (QED) is 0.895. The molecule has 16 heavy (non-hydrogen) atoms. The van der Waals surface area contributed by atoms with E-state index in [2.05, 4.69) is 4.98 Å². The molecule has 0 aliphatic carbocycles. The van der Waals surface area contributed by atoms with Crippen LogP contribution in [-0.2, 0) is 0 Å². The highest BCUT2D eigenvalue weighted by atomic mass is 35.5. The Kier molecular flexibility index (Phi) is 3.23. The average Bonchev–Trinajstić information content (AvgIpc) is 2.60. The van der Waals surface area contributed by atoms with Crippen LogP contribution in [-0.4, -0.2) is 10.1 Å². The average molecular weight is 258 g/mol. The van der Waals surface area contributed by atoms with Gasteiger partial charge in [-0.3, -0.25) is 4.98 Å². The first kappa shape index (κ1) is 11.5. The molecule has 0 radical (unpaired) electrons. The fourth-order valence-electron chi connectivity index (χ4n) is 1.38. The third-order valence-corrected chi connectivity index (χ3v) is 4.04. The van der Waals surface area contributed by atoms with Crippen LogP contribution in [0.2, 0.25) is 5.02 Å². The summed E-state index contributed by atoms with van der Waals surface area (Å²) in [6.07, 6.45) is 1.48. The van der Waals surface area contributed by atoms with Gasteiger partial charge in [-0.1, -0.05) is 11.6 Å². The molecule has 1 atom stereocenters. The SMILES string of the molecule is Cc1csc(C(O)c2ccncc2F)c1Cl. The first-order valence-electron chi connectivity index (χ1n) is 4.62. The number of aliphatic hydroxyl groups is 1. The van der Waals surface area contributed by atoms with Crippen molar-refractivity contribution in [2.24, 2.45) is 0 Å². The molecule has 2 rings (SSSR count). The number of thiophene rings is 1. The van der Waals surface area contributed by atoms with Crippen molar-refractivity contribution in [3.05, 3.63) is 50.7 Å². The van der Waals surface area contributed by atoms with Crippen LogP contribution < -0.4 is 0 Å². The third-order valence-electron chi connectivity index (χ3n) is 2.27. The summed E-state index contributed by atoms with van der Waals surface area (Å²) >= 11 is 7.34. The van der Waals surface area contributed by atoms with E-state index in [0.29, 0.717) is 9.90 Å². The lowest BCUT2D eigenvalue weighted by atomic mass is 10.1. The first-order chi connectivity index (χ1) is 7.61. The maximum Gasteiger partial charge on any atom is 0.147 e. The molecule has 2 nitrogen and oxygen atoms in total. The van der Waals surface area contributed by atoms with Crippen LogP contribution in [0.15, 0.2) is 23.8 Å². The van der Waals surface area contributed by atoms with Gasteiger partial charge in [-0.15, -0.1) is 11.3 Å². The Balaban J connectivity index is 2.43. The van der Waals surface area contributed by atoms with Gasteiger partial charge in [-0.05, 0) is 23.9 Å². The van der Waals surface area contributed by atoms with E-state index in [-0.39, 0.29) is 5.56 Å². The van der Waals surface area contributed by atoms with Gasteiger partial charge in [0.2, 0.25) is 0 Å². The minimum absolute atomic E-state index is 0.193. The lowest BCUT2D eigenvalue weighted by Gasteiger charge is -2.10. The van der Waals surface area contributed by atoms with Crippen molar-refractivity contribution in [1.82, 2.24) is 4.98 Å². The highest BCUT2D eigenvalue weighted by Gasteiger charge is 2.20. The van der Waals surface area contributed by atoms with Crippen molar-refractivity contribution in [2.45, 2.75) is 13.0 Å². The molecule has 1 unspecified atom stereocenters. The fourth-order valence-corrected chi connectivity index (χ4v) is 2.68. The summed E-state index contributed by atoms with van der Waals surface area (Å²) in [7, 11) is 0. The molecule has 2 aromatic rings. The molecule has 0 saturated heterocycles. The van der Waals surface area contributed by atoms with E-state index in [9.17, 15) is 9.50 Å². The molecule has 0 bridgehead atoms. The molecule has 0 amide bonds. The van der Waals surface area contributed by atoms with E-state index in [1.807, 2.05) is 12.3 Å². The minimum atomic E-state index is -1.03. The number of aliphatic hydroxyl groups excluding tert-OH is 1. The van der Waals surface area contributed by atoms with E-state index >= 15 is 0 Å². The summed E-state index contributed by atoms with van der Waals surface area (Å²) in [6, 6.07) is 1.45. The van der Waals surface area contributed by atoms with Gasteiger partial charge in [-0.2, -0.15) is 0 Å². The van der Waals surface area contributed by atoms with Crippen LogP contribution in [0.5, 0.6) is 0 Å². The highest BCUT2D eigenvalue weighted by molar-refractivity contribution is 7.10. The first-order valence-corrected chi connectivity index (χ1v) is 5.88. The zero-order valence-corrected chi connectivity index (χ0v) is 10.0. The van der Waals surface area contributed by atoms with Gasteiger partial charge < -0.3 is 5.11 Å². The van der Waals surface area contributed by atoms with Crippen LogP contribution in [0.25, 0.3) is 0 Å². The van der Waals surface area contributed by atoms with Gasteiger partial charge in [0.15, 0.2) is 0 Å². The maximum absolute atomic E-state index is 13.4. The van der Waals surface area contributed by atoms with Crippen molar-refractivity contribution in [3.63, 3.8) is 0 Å². The molecule has 0 aliphatic heterocycles. The predicted molar refractivity (Wildman–Crippen MR) is 62.3 cm³/mol. The monoisotopic (exact) mass is 257 g/mol. The molecule has 2 aromatic heterocycles. The van der Waals surface area contributed by atoms with E-state index in [1.54, 1.807) is 0 Å². The molecular weight excluding hydrogens is 249 g/mol. The Morgan fingerprint density at radius 2 is 2.31 bits per heavy atom. The summed E-state index contributed by atoms with van der Waals surface area (Å²) in [4.78, 5) is 4.19. The molecule has 0 spiro atoms. The summed E-state index contributed by atoms with van der Waals surface area (Å²) in [5, 5.41) is 12.4. The summed E-state index contributed by atoms with van der Waals surface area (Å²) in [6.45, 7) is 1.85. The number of halogens is 2. The molecule has 0 saturated carbocycles. The van der Waals surface area contributed by atoms with Crippen LogP contribution >= 0.6 is 22.9 Å². The summed E-state index contributed by atoms with van der Waals surface area (Å²) in [5.74, 6) is -0.530. The number of hydrogen-bond acceptors (Lipinski definition) is 3. The number of pyridine rings is 1. The molecule has 5 heteroatoms. The molecular formula is C11H9ClFNOS. The number of rotatable bonds is 2. The zero-order chi connectivity index (χ0) is 11.7. The Hall–Kier alpha value is -0.970. The van der Waals surface area contributed by atoms with E-state index in [1.165, 1.54) is 23.6 Å². The van der Waals surface area contributed by atoms with Crippen LogP contribution in [0, 0.1) is 12.7 Å². The van der Waals surface area contributed by atoms with E-state index < -0.39 is 11.9 Å². The Morgan fingerprint density at radius 3 is 2.88 bits per heavy atom. The van der Waals surface area contributed by atoms with E-state index in [4.69, 9.17) is 11.6 Å². The number of aryl methyl sites for hydroxylation is 1. The van der Waals surface area contributed by atoms with Crippen molar-refractivity contribution < 1.29 is 9.50 Å². The molecule has 0 aromatic carbocycles. The summed E-state index contributed by atoms with van der Waals surface area (Å²) < 4.78 is 13.4. The standard InChI is InChI=1S/C11H9ClFNOS/c1-6-5-16-11(9(6)12)10(15)7-2-3-14-4-8(7)13/h2-5,10,15H,1H3. The smallest absolute Gasteiger partial charge is 0.147 e. The maximum atomic E-state index is 13.4. The van der Waals surface area contributed by atoms with Gasteiger partial charge in [0.25, 0.3) is 0 Å². The van der Waals surface area contributed by atoms with Crippen molar-refractivity contribution >= 4 is 22.9 Å². The van der Waals surface area contributed by atoms with E-state index in [0.717, 1.165) is 11.8 Å². The fraction of sp³-hybridized carbons (Fsp3) is 0.182. The number of nitrogens with zero attached hydrogens (tertiary/aromatic N) is 1. The van der Waals surface area contributed by atoms with Gasteiger partial charge in [0.1, 0.15) is 11.9 Å². The van der Waals surface area contributed by atoms with Crippen LogP contribution in [0.3, 0.4) is 0 Å². The molecule has 84 valence electrons. The van der Waals surface area contributed by atoms with Crippen molar-refractivity contribution in [2.75, 3.05) is 0 Å². The number of aromatic nitrogens is 1. The number of hydrogen-bond donors (Lipinski definition) is 1. The normalized spacial score (nSPS) is 12.8. The Morgan fingerprint density at radius 1 is 1.56 bits per heavy atom. The van der Waals surface area contributed by atoms with Gasteiger partial charge >= 0.3 is 0 Å². The molecule has 0 aliphatic rings. The Bertz CT molecular complexity index is 514. The second-order valence-corrected chi connectivity index (χ2v) is 4.69. The molecule has 1 N–H and O–H groups in total. The van der Waals surface area contributed by atoms with Crippen molar-refractivity contribution in [1.29, 1.82) is 0 Å². The minimum Gasteiger partial charge on any atom is -0.383 e. The molecule has 2 heterocycles. The van der Waals surface area contributed by atoms with Gasteiger partial charge in [-0.25, -0.2) is 4.39 Å². The lowest BCUT2D eigenvalue weighted by molar-refractivity contribution is 0.218. The topological polar surface area (TPSA) is 33.1 Å². The predicted octanol–water partition coefficient (Wildman–Crippen LogP) is 3.33.